The van der Waals surface area contributed by atoms with Gasteiger partial charge >= 0.3 is 0 Å². The summed E-state index contributed by atoms with van der Waals surface area (Å²) in [5.74, 6) is 1.38. The van der Waals surface area contributed by atoms with Gasteiger partial charge in [-0.05, 0) is 25.5 Å². The third kappa shape index (κ3) is 2.42. The van der Waals surface area contributed by atoms with Crippen LogP contribution < -0.4 is 9.47 Å². The van der Waals surface area contributed by atoms with E-state index in [2.05, 4.69) is 0 Å². The van der Waals surface area contributed by atoms with Crippen LogP contribution in [0.25, 0.3) is 0 Å². The summed E-state index contributed by atoms with van der Waals surface area (Å²) in [5, 5.41) is 10.1. The minimum Gasteiger partial charge on any atom is -0.497 e. The molecule has 0 aromatic heterocycles. The molecule has 0 spiro atoms. The highest BCUT2D eigenvalue weighted by molar-refractivity contribution is 5.43. The van der Waals surface area contributed by atoms with Crippen LogP contribution in [0.2, 0.25) is 0 Å². The van der Waals surface area contributed by atoms with Gasteiger partial charge in [-0.3, -0.25) is 0 Å². The Kier molecular flexibility index (Phi) is 3.58. The van der Waals surface area contributed by atoms with Gasteiger partial charge in [0, 0.05) is 11.6 Å². The number of rotatable bonds is 4. The second-order valence-corrected chi connectivity index (χ2v) is 3.69. The monoisotopic (exact) mass is 210 g/mol. The maximum absolute atomic E-state index is 10.1. The minimum absolute atomic E-state index is 0.635. The number of methoxy groups -OCH3 is 2. The van der Waals surface area contributed by atoms with Gasteiger partial charge in [-0.2, -0.15) is 0 Å². The lowest BCUT2D eigenvalue weighted by Gasteiger charge is -2.24. The van der Waals surface area contributed by atoms with E-state index in [0.717, 1.165) is 11.3 Å². The quantitative estimate of drug-likeness (QED) is 0.828. The summed E-state index contributed by atoms with van der Waals surface area (Å²) in [6.45, 7) is 3.71. The molecule has 0 saturated carbocycles. The Bertz CT molecular complexity index is 332. The Morgan fingerprint density at radius 3 is 2.40 bits per heavy atom. The molecule has 15 heavy (non-hydrogen) atoms. The predicted molar refractivity (Wildman–Crippen MR) is 59.4 cm³/mol. The van der Waals surface area contributed by atoms with E-state index in [1.807, 2.05) is 19.1 Å². The fourth-order valence-electron chi connectivity index (χ4n) is 1.43. The van der Waals surface area contributed by atoms with Crippen molar-refractivity contribution >= 4 is 0 Å². The lowest BCUT2D eigenvalue weighted by atomic mass is 9.92. The number of benzene rings is 1. The molecule has 3 nitrogen and oxygen atoms in total. The first-order chi connectivity index (χ1) is 7.05. The lowest BCUT2D eigenvalue weighted by molar-refractivity contribution is 0.0504. The van der Waals surface area contributed by atoms with Gasteiger partial charge in [0.05, 0.1) is 19.8 Å². The smallest absolute Gasteiger partial charge is 0.128 e. The van der Waals surface area contributed by atoms with E-state index >= 15 is 0 Å². The Balaban J connectivity index is 3.18. The van der Waals surface area contributed by atoms with Gasteiger partial charge in [0.15, 0.2) is 0 Å². The predicted octanol–water partition coefficient (Wildman–Crippen LogP) is 2.32. The number of hydrogen-bond acceptors (Lipinski definition) is 3. The van der Waals surface area contributed by atoms with Gasteiger partial charge in [0.25, 0.3) is 0 Å². The first kappa shape index (κ1) is 11.9. The van der Waals surface area contributed by atoms with E-state index in [1.165, 1.54) is 0 Å². The highest BCUT2D eigenvalue weighted by Crippen LogP contribution is 2.34. The van der Waals surface area contributed by atoms with Gasteiger partial charge in [0.1, 0.15) is 11.5 Å². The third-order valence-electron chi connectivity index (χ3n) is 2.68. The molecule has 0 saturated heterocycles. The van der Waals surface area contributed by atoms with Crippen molar-refractivity contribution in [3.05, 3.63) is 23.8 Å². The maximum atomic E-state index is 10.1. The van der Waals surface area contributed by atoms with E-state index in [-0.39, 0.29) is 0 Å². The van der Waals surface area contributed by atoms with Crippen molar-refractivity contribution < 1.29 is 14.6 Å². The zero-order valence-corrected chi connectivity index (χ0v) is 9.70. The van der Waals surface area contributed by atoms with E-state index in [9.17, 15) is 5.11 Å². The lowest BCUT2D eigenvalue weighted by Crippen LogP contribution is -2.20. The van der Waals surface area contributed by atoms with E-state index in [0.29, 0.717) is 12.2 Å². The first-order valence-corrected chi connectivity index (χ1v) is 5.00. The fourth-order valence-corrected chi connectivity index (χ4v) is 1.43. The average molecular weight is 210 g/mol. The molecule has 1 rings (SSSR count). The molecule has 84 valence electrons. The molecule has 1 aromatic carbocycles. The fraction of sp³-hybridized carbons (Fsp3) is 0.500. The van der Waals surface area contributed by atoms with Crippen molar-refractivity contribution in [2.45, 2.75) is 25.9 Å². The Morgan fingerprint density at radius 2 is 1.93 bits per heavy atom. The maximum Gasteiger partial charge on any atom is 0.128 e. The van der Waals surface area contributed by atoms with Crippen LogP contribution in [0.3, 0.4) is 0 Å². The van der Waals surface area contributed by atoms with Crippen molar-refractivity contribution in [3.8, 4) is 11.5 Å². The summed E-state index contributed by atoms with van der Waals surface area (Å²) in [5.41, 5.74) is -0.0780. The Labute approximate surface area is 90.6 Å². The van der Waals surface area contributed by atoms with Crippen molar-refractivity contribution in [2.75, 3.05) is 14.2 Å². The van der Waals surface area contributed by atoms with Gasteiger partial charge in [-0.25, -0.2) is 0 Å². The minimum atomic E-state index is -0.863. The molecule has 0 bridgehead atoms. The summed E-state index contributed by atoms with van der Waals surface area (Å²) in [7, 11) is 3.19. The number of ether oxygens (including phenoxy) is 2. The van der Waals surface area contributed by atoms with E-state index in [4.69, 9.17) is 9.47 Å². The van der Waals surface area contributed by atoms with Crippen LogP contribution in [0, 0.1) is 0 Å². The SMILES string of the molecule is CC[C@@](C)(O)c1ccc(OC)cc1OC. The molecule has 0 amide bonds. The molecule has 1 atom stereocenters. The second kappa shape index (κ2) is 4.53. The van der Waals surface area contributed by atoms with Crippen LogP contribution in [0.1, 0.15) is 25.8 Å². The number of aliphatic hydroxyl groups is 1. The van der Waals surface area contributed by atoms with Crippen LogP contribution >= 0.6 is 0 Å². The summed E-state index contributed by atoms with van der Waals surface area (Å²) in [4.78, 5) is 0. The van der Waals surface area contributed by atoms with Crippen LogP contribution in [0.5, 0.6) is 11.5 Å². The zero-order valence-electron chi connectivity index (χ0n) is 9.70. The molecule has 0 radical (unpaired) electrons. The molecule has 0 fully saturated rings. The van der Waals surface area contributed by atoms with Crippen molar-refractivity contribution in [1.29, 1.82) is 0 Å². The van der Waals surface area contributed by atoms with E-state index in [1.54, 1.807) is 27.2 Å². The molecule has 0 aliphatic heterocycles. The highest BCUT2D eigenvalue weighted by atomic mass is 16.5. The molecule has 0 unspecified atom stereocenters. The van der Waals surface area contributed by atoms with Crippen molar-refractivity contribution in [3.63, 3.8) is 0 Å². The Hall–Kier alpha value is -1.22. The van der Waals surface area contributed by atoms with Gasteiger partial charge in [0.2, 0.25) is 0 Å². The number of hydrogen-bond donors (Lipinski definition) is 1. The van der Waals surface area contributed by atoms with Crippen LogP contribution in [-0.2, 0) is 5.60 Å². The molecule has 0 heterocycles. The molecule has 0 aliphatic carbocycles. The highest BCUT2D eigenvalue weighted by Gasteiger charge is 2.24. The van der Waals surface area contributed by atoms with Gasteiger partial charge in [-0.1, -0.05) is 6.92 Å². The van der Waals surface area contributed by atoms with Crippen LogP contribution in [0.15, 0.2) is 18.2 Å². The summed E-state index contributed by atoms with van der Waals surface area (Å²) in [6.07, 6.45) is 0.635. The second-order valence-electron chi connectivity index (χ2n) is 3.69. The topological polar surface area (TPSA) is 38.7 Å². The molecule has 1 N–H and O–H groups in total. The standard InChI is InChI=1S/C12H18O3/c1-5-12(2,13)10-7-6-9(14-3)8-11(10)15-4/h6-8,13H,5H2,1-4H3/t12-/m1/s1. The largest absolute Gasteiger partial charge is 0.497 e. The van der Waals surface area contributed by atoms with Crippen LogP contribution in [-0.4, -0.2) is 19.3 Å². The molecule has 0 aliphatic rings. The van der Waals surface area contributed by atoms with Crippen molar-refractivity contribution in [2.24, 2.45) is 0 Å². The molecular formula is C12H18O3. The van der Waals surface area contributed by atoms with Crippen molar-refractivity contribution in [1.82, 2.24) is 0 Å². The summed E-state index contributed by atoms with van der Waals surface area (Å²) in [6, 6.07) is 5.43. The molecule has 3 heteroatoms. The van der Waals surface area contributed by atoms with E-state index < -0.39 is 5.60 Å². The first-order valence-electron chi connectivity index (χ1n) is 5.00. The summed E-state index contributed by atoms with van der Waals surface area (Å²) < 4.78 is 10.3. The average Bonchev–Trinajstić information content (AvgIpc) is 2.28. The molecule has 1 aromatic rings. The van der Waals surface area contributed by atoms with Gasteiger partial charge < -0.3 is 14.6 Å². The third-order valence-corrected chi connectivity index (χ3v) is 2.68. The summed E-state index contributed by atoms with van der Waals surface area (Å²) >= 11 is 0. The zero-order chi connectivity index (χ0) is 11.5. The Morgan fingerprint density at radius 1 is 1.27 bits per heavy atom. The normalized spacial score (nSPS) is 14.5. The van der Waals surface area contributed by atoms with Gasteiger partial charge in [-0.15, -0.1) is 0 Å². The van der Waals surface area contributed by atoms with Crippen LogP contribution in [0.4, 0.5) is 0 Å². The molecular weight excluding hydrogens is 192 g/mol.